The summed E-state index contributed by atoms with van der Waals surface area (Å²) in [5, 5.41) is 0. The number of benzene rings is 1. The number of amides is 1. The molecule has 128 valence electrons. The van der Waals surface area contributed by atoms with Crippen LogP contribution >= 0.6 is 0 Å². The van der Waals surface area contributed by atoms with Gasteiger partial charge in [0.15, 0.2) is 0 Å². The van der Waals surface area contributed by atoms with E-state index in [0.29, 0.717) is 6.54 Å². The molecule has 0 bridgehead atoms. The molecule has 0 saturated heterocycles. The van der Waals surface area contributed by atoms with Crippen molar-refractivity contribution in [1.82, 2.24) is 4.90 Å². The summed E-state index contributed by atoms with van der Waals surface area (Å²) >= 11 is 0. The molecule has 1 aliphatic carbocycles. The Bertz CT molecular complexity index is 479. The van der Waals surface area contributed by atoms with Crippen LogP contribution in [0.15, 0.2) is 36.4 Å². The first-order valence-corrected chi connectivity index (χ1v) is 8.77. The molecule has 0 spiro atoms. The number of hydrogen-bond donors (Lipinski definition) is 0. The van der Waals surface area contributed by atoms with Gasteiger partial charge in [0, 0.05) is 13.6 Å². The second kappa shape index (κ2) is 10.9. The van der Waals surface area contributed by atoms with E-state index in [-0.39, 0.29) is 12.2 Å². The lowest BCUT2D eigenvalue weighted by Crippen LogP contribution is -2.31. The number of carbonyl (C=O) groups excluding carboxylic acids is 1. The average molecular weight is 317 g/mol. The zero-order valence-electron chi connectivity index (χ0n) is 15.0. The SMILES string of the molecule is CC.Cc1ccc(CN(C)C(=O)OC2CC/C=C/CCC2)cc1. The summed E-state index contributed by atoms with van der Waals surface area (Å²) in [7, 11) is 1.80. The zero-order valence-corrected chi connectivity index (χ0v) is 15.0. The normalized spacial score (nSPS) is 18.7. The Hall–Kier alpha value is -1.77. The molecule has 23 heavy (non-hydrogen) atoms. The van der Waals surface area contributed by atoms with Crippen LogP contribution in [0.4, 0.5) is 4.79 Å². The third-order valence-electron chi connectivity index (χ3n) is 3.84. The molecule has 0 N–H and O–H groups in total. The maximum absolute atomic E-state index is 12.2. The van der Waals surface area contributed by atoms with E-state index in [1.165, 1.54) is 5.56 Å². The minimum absolute atomic E-state index is 0.0583. The van der Waals surface area contributed by atoms with Crippen LogP contribution in [-0.2, 0) is 11.3 Å². The Labute approximate surface area is 141 Å². The van der Waals surface area contributed by atoms with Crippen molar-refractivity contribution >= 4 is 6.09 Å². The molecule has 0 aromatic heterocycles. The monoisotopic (exact) mass is 317 g/mol. The fourth-order valence-electron chi connectivity index (χ4n) is 2.51. The van der Waals surface area contributed by atoms with Gasteiger partial charge in [0.25, 0.3) is 0 Å². The largest absolute Gasteiger partial charge is 0.446 e. The van der Waals surface area contributed by atoms with Gasteiger partial charge in [-0.05, 0) is 44.6 Å². The molecule has 1 aromatic rings. The van der Waals surface area contributed by atoms with E-state index in [1.807, 2.05) is 13.8 Å². The Kier molecular flexibility index (Phi) is 9.11. The van der Waals surface area contributed by atoms with Gasteiger partial charge < -0.3 is 9.64 Å². The van der Waals surface area contributed by atoms with Crippen molar-refractivity contribution in [2.75, 3.05) is 7.05 Å². The average Bonchev–Trinajstić information content (AvgIpc) is 2.54. The summed E-state index contributed by atoms with van der Waals surface area (Å²) in [5.41, 5.74) is 2.35. The van der Waals surface area contributed by atoms with Crippen LogP contribution in [0.25, 0.3) is 0 Å². The summed E-state index contributed by atoms with van der Waals surface area (Å²) in [4.78, 5) is 13.8. The number of hydrogen-bond acceptors (Lipinski definition) is 2. The van der Waals surface area contributed by atoms with E-state index >= 15 is 0 Å². The Morgan fingerprint density at radius 3 is 2.48 bits per heavy atom. The van der Waals surface area contributed by atoms with Gasteiger partial charge in [0.1, 0.15) is 6.10 Å². The molecule has 3 nitrogen and oxygen atoms in total. The molecule has 1 unspecified atom stereocenters. The smallest absolute Gasteiger partial charge is 0.410 e. The van der Waals surface area contributed by atoms with E-state index in [9.17, 15) is 4.79 Å². The highest BCUT2D eigenvalue weighted by Crippen LogP contribution is 2.17. The predicted molar refractivity (Wildman–Crippen MR) is 96.5 cm³/mol. The van der Waals surface area contributed by atoms with E-state index in [4.69, 9.17) is 4.74 Å². The molecule has 2 rings (SSSR count). The summed E-state index contributed by atoms with van der Waals surface area (Å²) in [6, 6.07) is 8.24. The van der Waals surface area contributed by atoms with Gasteiger partial charge in [-0.3, -0.25) is 0 Å². The summed E-state index contributed by atoms with van der Waals surface area (Å²) < 4.78 is 5.64. The van der Waals surface area contributed by atoms with Gasteiger partial charge in [-0.15, -0.1) is 0 Å². The van der Waals surface area contributed by atoms with Crippen LogP contribution in [0.5, 0.6) is 0 Å². The van der Waals surface area contributed by atoms with Crippen LogP contribution in [0.3, 0.4) is 0 Å². The van der Waals surface area contributed by atoms with Gasteiger partial charge >= 0.3 is 6.09 Å². The first kappa shape index (κ1) is 19.3. The van der Waals surface area contributed by atoms with E-state index < -0.39 is 0 Å². The number of carbonyl (C=O) groups is 1. The van der Waals surface area contributed by atoms with Crippen molar-refractivity contribution in [2.24, 2.45) is 0 Å². The molecule has 0 aliphatic heterocycles. The highest BCUT2D eigenvalue weighted by Gasteiger charge is 2.17. The lowest BCUT2D eigenvalue weighted by molar-refractivity contribution is 0.0585. The summed E-state index contributed by atoms with van der Waals surface area (Å²) in [6.07, 6.45) is 9.34. The van der Waals surface area contributed by atoms with Crippen LogP contribution < -0.4 is 0 Å². The zero-order chi connectivity index (χ0) is 17.1. The molecule has 1 atom stereocenters. The van der Waals surface area contributed by atoms with Crippen molar-refractivity contribution < 1.29 is 9.53 Å². The van der Waals surface area contributed by atoms with Crippen LogP contribution in [0, 0.1) is 6.92 Å². The maximum Gasteiger partial charge on any atom is 0.410 e. The third kappa shape index (κ3) is 7.36. The Morgan fingerprint density at radius 1 is 1.13 bits per heavy atom. The predicted octanol–water partition coefficient (Wildman–Crippen LogP) is 5.48. The molecule has 1 amide bonds. The number of ether oxygens (including phenoxy) is 1. The van der Waals surface area contributed by atoms with Gasteiger partial charge in [-0.1, -0.05) is 55.8 Å². The Balaban J connectivity index is 0.00000127. The quantitative estimate of drug-likeness (QED) is 0.691. The first-order valence-electron chi connectivity index (χ1n) is 8.77. The maximum atomic E-state index is 12.2. The molecular formula is C20H31NO2. The highest BCUT2D eigenvalue weighted by molar-refractivity contribution is 5.67. The fraction of sp³-hybridized carbons (Fsp3) is 0.550. The van der Waals surface area contributed by atoms with Crippen LogP contribution in [-0.4, -0.2) is 24.1 Å². The molecule has 1 aromatic carbocycles. The number of aryl methyl sites for hydroxylation is 1. The van der Waals surface area contributed by atoms with E-state index in [0.717, 1.165) is 37.7 Å². The van der Waals surface area contributed by atoms with Crippen LogP contribution in [0.2, 0.25) is 0 Å². The molecule has 0 heterocycles. The number of rotatable bonds is 3. The fourth-order valence-corrected chi connectivity index (χ4v) is 2.51. The first-order chi connectivity index (χ1) is 11.1. The highest BCUT2D eigenvalue weighted by atomic mass is 16.6. The van der Waals surface area contributed by atoms with Gasteiger partial charge in [-0.25, -0.2) is 4.79 Å². The minimum atomic E-state index is -0.217. The van der Waals surface area contributed by atoms with Gasteiger partial charge in [0.05, 0.1) is 0 Å². The van der Waals surface area contributed by atoms with Crippen molar-refractivity contribution in [3.63, 3.8) is 0 Å². The second-order valence-electron chi connectivity index (χ2n) is 5.83. The number of allylic oxidation sites excluding steroid dienone is 2. The minimum Gasteiger partial charge on any atom is -0.446 e. The standard InChI is InChI=1S/C18H25NO2.C2H6/c1-15-10-12-16(13-11-15)14-19(2)18(20)21-17-8-6-4-3-5-7-9-17;1-2/h3-4,10-13,17H,5-9,14H2,1-2H3;1-2H3/b4-3+;. The van der Waals surface area contributed by atoms with Crippen molar-refractivity contribution in [3.05, 3.63) is 47.5 Å². The molecule has 0 radical (unpaired) electrons. The molecular weight excluding hydrogens is 286 g/mol. The molecule has 0 fully saturated rings. The van der Waals surface area contributed by atoms with E-state index in [2.05, 4.69) is 43.3 Å². The molecule has 1 aliphatic rings. The molecule has 3 heteroatoms. The van der Waals surface area contributed by atoms with Gasteiger partial charge in [0.2, 0.25) is 0 Å². The molecule has 0 saturated carbocycles. The van der Waals surface area contributed by atoms with Crippen molar-refractivity contribution in [2.45, 2.75) is 65.5 Å². The van der Waals surface area contributed by atoms with Crippen molar-refractivity contribution in [3.8, 4) is 0 Å². The lowest BCUT2D eigenvalue weighted by atomic mass is 10.0. The van der Waals surface area contributed by atoms with Gasteiger partial charge in [-0.2, -0.15) is 0 Å². The third-order valence-corrected chi connectivity index (χ3v) is 3.84. The summed E-state index contributed by atoms with van der Waals surface area (Å²) in [5.74, 6) is 0. The Morgan fingerprint density at radius 2 is 1.78 bits per heavy atom. The van der Waals surface area contributed by atoms with E-state index in [1.54, 1.807) is 11.9 Å². The van der Waals surface area contributed by atoms with Crippen LogP contribution in [0.1, 0.15) is 57.1 Å². The second-order valence-corrected chi connectivity index (χ2v) is 5.83. The summed E-state index contributed by atoms with van der Waals surface area (Å²) in [6.45, 7) is 6.65. The van der Waals surface area contributed by atoms with Crippen molar-refractivity contribution in [1.29, 1.82) is 0 Å². The lowest BCUT2D eigenvalue weighted by Gasteiger charge is -2.23. The topological polar surface area (TPSA) is 29.5 Å². The number of nitrogens with zero attached hydrogens (tertiary/aromatic N) is 1.